The zero-order valence-electron chi connectivity index (χ0n) is 18.9. The van der Waals surface area contributed by atoms with Crippen molar-refractivity contribution in [2.24, 2.45) is 0 Å². The van der Waals surface area contributed by atoms with Gasteiger partial charge < -0.3 is 15.0 Å². The lowest BCUT2D eigenvalue weighted by Crippen LogP contribution is -2.43. The van der Waals surface area contributed by atoms with Gasteiger partial charge in [0.05, 0.1) is 7.11 Å². The Labute approximate surface area is 189 Å². The molecule has 0 radical (unpaired) electrons. The molecule has 0 bridgehead atoms. The number of anilines is 2. The Hall–Kier alpha value is -3.60. The summed E-state index contributed by atoms with van der Waals surface area (Å²) in [4.78, 5) is 27.2. The topological polar surface area (TPSA) is 58.6 Å². The van der Waals surface area contributed by atoms with Gasteiger partial charge in [0.25, 0.3) is 5.91 Å². The molecule has 1 heterocycles. The van der Waals surface area contributed by atoms with Gasteiger partial charge in [-0.15, -0.1) is 0 Å². The number of methoxy groups -OCH3 is 1. The molecule has 0 aromatic heterocycles. The highest BCUT2D eigenvalue weighted by Gasteiger charge is 2.35. The molecule has 0 saturated carbocycles. The standard InChI is InChI=1S/C27H28N2O3/c1-17-9-14-25(28-19(3)30)24(15-17)23-16-18(2)29(26-8-6-5-7-22(23)26)27(31)20-10-12-21(32-4)13-11-20/h5-15,18,23H,16H2,1-4H3,(H,28,30). The number of carbonyl (C=O) groups is 2. The summed E-state index contributed by atoms with van der Waals surface area (Å²) in [5.41, 5.74) is 5.66. The molecule has 0 saturated heterocycles. The van der Waals surface area contributed by atoms with E-state index in [0.717, 1.165) is 40.2 Å². The van der Waals surface area contributed by atoms with Crippen molar-refractivity contribution < 1.29 is 14.3 Å². The molecule has 32 heavy (non-hydrogen) atoms. The number of aryl methyl sites for hydroxylation is 1. The Morgan fingerprint density at radius 3 is 2.41 bits per heavy atom. The molecule has 0 fully saturated rings. The van der Waals surface area contributed by atoms with Crippen LogP contribution in [-0.4, -0.2) is 25.0 Å². The zero-order valence-corrected chi connectivity index (χ0v) is 18.9. The van der Waals surface area contributed by atoms with Crippen LogP contribution >= 0.6 is 0 Å². The SMILES string of the molecule is COc1ccc(C(=O)N2c3ccccc3C(c3cc(C)ccc3NC(C)=O)CC2C)cc1. The first-order chi connectivity index (χ1) is 15.4. The molecule has 2 unspecified atom stereocenters. The van der Waals surface area contributed by atoms with Gasteiger partial charge in [-0.05, 0) is 67.8 Å². The van der Waals surface area contributed by atoms with E-state index < -0.39 is 0 Å². The summed E-state index contributed by atoms with van der Waals surface area (Å²) < 4.78 is 5.23. The summed E-state index contributed by atoms with van der Waals surface area (Å²) in [5.74, 6) is 0.669. The quantitative estimate of drug-likeness (QED) is 0.594. The molecule has 0 spiro atoms. The minimum atomic E-state index is -0.0939. The average molecular weight is 429 g/mol. The predicted octanol–water partition coefficient (Wildman–Crippen LogP) is 5.53. The fourth-order valence-corrected chi connectivity index (χ4v) is 4.56. The first-order valence-corrected chi connectivity index (χ1v) is 10.8. The number of nitrogens with zero attached hydrogens (tertiary/aromatic N) is 1. The molecule has 1 aliphatic heterocycles. The van der Waals surface area contributed by atoms with E-state index >= 15 is 0 Å². The number of ether oxygens (including phenoxy) is 1. The minimum Gasteiger partial charge on any atom is -0.497 e. The van der Waals surface area contributed by atoms with Crippen LogP contribution in [0.4, 0.5) is 11.4 Å². The zero-order chi connectivity index (χ0) is 22.8. The lowest BCUT2D eigenvalue weighted by atomic mass is 9.80. The van der Waals surface area contributed by atoms with Crippen LogP contribution in [0.15, 0.2) is 66.7 Å². The highest BCUT2D eigenvalue weighted by atomic mass is 16.5. The minimum absolute atomic E-state index is 0.0183. The van der Waals surface area contributed by atoms with Gasteiger partial charge in [-0.1, -0.05) is 35.9 Å². The van der Waals surface area contributed by atoms with Crippen molar-refractivity contribution in [3.05, 3.63) is 89.0 Å². The largest absolute Gasteiger partial charge is 0.497 e. The molecule has 5 nitrogen and oxygen atoms in total. The van der Waals surface area contributed by atoms with E-state index in [2.05, 4.69) is 31.3 Å². The number of amides is 2. The summed E-state index contributed by atoms with van der Waals surface area (Å²) in [6, 6.07) is 21.4. The Morgan fingerprint density at radius 1 is 1.00 bits per heavy atom. The van der Waals surface area contributed by atoms with Gasteiger partial charge >= 0.3 is 0 Å². The van der Waals surface area contributed by atoms with Crippen LogP contribution in [0.25, 0.3) is 0 Å². The van der Waals surface area contributed by atoms with Gasteiger partial charge in [-0.2, -0.15) is 0 Å². The molecule has 2 amide bonds. The lowest BCUT2D eigenvalue weighted by molar-refractivity contribution is -0.114. The summed E-state index contributed by atoms with van der Waals surface area (Å²) in [6.45, 7) is 5.66. The van der Waals surface area contributed by atoms with Crippen molar-refractivity contribution in [2.45, 2.75) is 39.2 Å². The number of hydrogen-bond acceptors (Lipinski definition) is 3. The summed E-state index contributed by atoms with van der Waals surface area (Å²) in [6.07, 6.45) is 0.759. The van der Waals surface area contributed by atoms with Crippen LogP contribution in [0.1, 0.15) is 53.2 Å². The molecular formula is C27H28N2O3. The molecular weight excluding hydrogens is 400 g/mol. The van der Waals surface area contributed by atoms with Crippen LogP contribution in [0.5, 0.6) is 5.75 Å². The number of rotatable bonds is 4. The first kappa shape index (κ1) is 21.6. The van der Waals surface area contributed by atoms with Gasteiger partial charge in [0.1, 0.15) is 5.75 Å². The molecule has 5 heteroatoms. The maximum atomic E-state index is 13.5. The molecule has 4 rings (SSSR count). The van der Waals surface area contributed by atoms with Crippen molar-refractivity contribution in [2.75, 3.05) is 17.3 Å². The summed E-state index contributed by atoms with van der Waals surface area (Å²) >= 11 is 0. The van der Waals surface area contributed by atoms with E-state index in [1.807, 2.05) is 47.4 Å². The molecule has 3 aromatic rings. The van der Waals surface area contributed by atoms with Crippen molar-refractivity contribution >= 4 is 23.2 Å². The number of fused-ring (bicyclic) bond motifs is 1. The van der Waals surface area contributed by atoms with Crippen molar-refractivity contribution in [3.8, 4) is 5.75 Å². The Kier molecular flexibility index (Phi) is 5.99. The molecule has 0 aliphatic carbocycles. The van der Waals surface area contributed by atoms with Gasteiger partial charge in [-0.3, -0.25) is 9.59 Å². The lowest BCUT2D eigenvalue weighted by Gasteiger charge is -2.40. The number of para-hydroxylation sites is 1. The summed E-state index contributed by atoms with van der Waals surface area (Å²) in [7, 11) is 1.61. The Morgan fingerprint density at radius 2 is 1.72 bits per heavy atom. The van der Waals surface area contributed by atoms with E-state index in [1.165, 1.54) is 6.92 Å². The second kappa shape index (κ2) is 8.87. The fourth-order valence-electron chi connectivity index (χ4n) is 4.56. The van der Waals surface area contributed by atoms with E-state index in [0.29, 0.717) is 5.56 Å². The average Bonchev–Trinajstić information content (AvgIpc) is 2.79. The monoisotopic (exact) mass is 428 g/mol. The van der Waals surface area contributed by atoms with Crippen molar-refractivity contribution in [1.82, 2.24) is 0 Å². The van der Waals surface area contributed by atoms with Gasteiger partial charge in [-0.25, -0.2) is 0 Å². The van der Waals surface area contributed by atoms with Crippen LogP contribution in [0.2, 0.25) is 0 Å². The molecule has 3 aromatic carbocycles. The van der Waals surface area contributed by atoms with Crippen LogP contribution in [0.3, 0.4) is 0 Å². The number of nitrogens with one attached hydrogen (secondary N) is 1. The van der Waals surface area contributed by atoms with Gasteiger partial charge in [0.2, 0.25) is 5.91 Å². The maximum absolute atomic E-state index is 13.5. The van der Waals surface area contributed by atoms with E-state index in [-0.39, 0.29) is 23.8 Å². The molecule has 1 aliphatic rings. The summed E-state index contributed by atoms with van der Waals surface area (Å²) in [5, 5.41) is 2.98. The third kappa shape index (κ3) is 4.11. The third-order valence-corrected chi connectivity index (χ3v) is 6.04. The maximum Gasteiger partial charge on any atom is 0.258 e. The highest BCUT2D eigenvalue weighted by Crippen LogP contribution is 2.44. The Bertz CT molecular complexity index is 1150. The number of carbonyl (C=O) groups excluding carboxylic acids is 2. The second-order valence-electron chi connectivity index (χ2n) is 8.37. The number of hydrogen-bond donors (Lipinski definition) is 1. The molecule has 1 N–H and O–H groups in total. The van der Waals surface area contributed by atoms with Gasteiger partial charge in [0.15, 0.2) is 0 Å². The normalized spacial score (nSPS) is 17.4. The predicted molar refractivity (Wildman–Crippen MR) is 128 cm³/mol. The van der Waals surface area contributed by atoms with Crippen molar-refractivity contribution in [3.63, 3.8) is 0 Å². The van der Waals surface area contributed by atoms with Gasteiger partial charge in [0, 0.05) is 35.8 Å². The van der Waals surface area contributed by atoms with E-state index in [4.69, 9.17) is 4.74 Å². The third-order valence-electron chi connectivity index (χ3n) is 6.04. The number of benzene rings is 3. The smallest absolute Gasteiger partial charge is 0.258 e. The first-order valence-electron chi connectivity index (χ1n) is 10.8. The van der Waals surface area contributed by atoms with Crippen LogP contribution in [-0.2, 0) is 4.79 Å². The Balaban J connectivity index is 1.77. The van der Waals surface area contributed by atoms with E-state index in [1.54, 1.807) is 19.2 Å². The van der Waals surface area contributed by atoms with Crippen LogP contribution in [0, 0.1) is 6.92 Å². The fraction of sp³-hybridized carbons (Fsp3) is 0.259. The molecule has 164 valence electrons. The van der Waals surface area contributed by atoms with Crippen LogP contribution < -0.4 is 15.0 Å². The molecule has 2 atom stereocenters. The second-order valence-corrected chi connectivity index (χ2v) is 8.37. The van der Waals surface area contributed by atoms with E-state index in [9.17, 15) is 9.59 Å². The van der Waals surface area contributed by atoms with Crippen molar-refractivity contribution in [1.29, 1.82) is 0 Å². The highest BCUT2D eigenvalue weighted by molar-refractivity contribution is 6.07.